The highest BCUT2D eigenvalue weighted by Gasteiger charge is 2.22. The first-order chi connectivity index (χ1) is 13.0. The van der Waals surface area contributed by atoms with Gasteiger partial charge in [-0.3, -0.25) is 19.9 Å². The summed E-state index contributed by atoms with van der Waals surface area (Å²) in [5.41, 5.74) is 1.20. The van der Waals surface area contributed by atoms with Crippen molar-refractivity contribution in [3.63, 3.8) is 0 Å². The second-order valence-corrected chi connectivity index (χ2v) is 6.93. The topological polar surface area (TPSA) is 76.3 Å². The average Bonchev–Trinajstić information content (AvgIpc) is 2.67. The van der Waals surface area contributed by atoms with Crippen molar-refractivity contribution < 1.29 is 9.72 Å². The van der Waals surface area contributed by atoms with Crippen molar-refractivity contribution in [3.8, 4) is 0 Å². The van der Waals surface area contributed by atoms with Crippen molar-refractivity contribution in [2.24, 2.45) is 0 Å². The predicted octanol–water partition coefficient (Wildman–Crippen LogP) is 5.25. The van der Waals surface area contributed by atoms with Crippen LogP contribution in [0, 0.1) is 10.1 Å². The molecule has 1 aromatic heterocycles. The Morgan fingerprint density at radius 1 is 1.15 bits per heavy atom. The lowest BCUT2D eigenvalue weighted by atomic mass is 10.1. The van der Waals surface area contributed by atoms with Gasteiger partial charge in [0.1, 0.15) is 5.02 Å². The van der Waals surface area contributed by atoms with Gasteiger partial charge in [0.25, 0.3) is 11.6 Å². The zero-order valence-corrected chi connectivity index (χ0v) is 16.2. The summed E-state index contributed by atoms with van der Waals surface area (Å²) >= 11 is 9.23. The van der Waals surface area contributed by atoms with Crippen LogP contribution in [0.15, 0.2) is 71.3 Å². The lowest BCUT2D eigenvalue weighted by Gasteiger charge is -2.23. The number of halogens is 2. The van der Waals surface area contributed by atoms with Crippen molar-refractivity contribution in [2.45, 2.75) is 6.54 Å². The van der Waals surface area contributed by atoms with Crippen LogP contribution in [0.2, 0.25) is 5.02 Å². The van der Waals surface area contributed by atoms with Crippen LogP contribution in [-0.2, 0) is 6.54 Å². The van der Waals surface area contributed by atoms with Gasteiger partial charge in [0.05, 0.1) is 17.2 Å². The number of amides is 1. The first kappa shape index (κ1) is 19.0. The Morgan fingerprint density at radius 3 is 2.52 bits per heavy atom. The van der Waals surface area contributed by atoms with Gasteiger partial charge in [0.2, 0.25) is 0 Å². The first-order valence-electron chi connectivity index (χ1n) is 7.87. The summed E-state index contributed by atoms with van der Waals surface area (Å²) in [5, 5.41) is 11.1. The summed E-state index contributed by atoms with van der Waals surface area (Å²) in [6.45, 7) is 0.220. The number of hydrogen-bond donors (Lipinski definition) is 0. The van der Waals surface area contributed by atoms with E-state index in [4.69, 9.17) is 11.6 Å². The highest BCUT2D eigenvalue weighted by molar-refractivity contribution is 9.10. The molecule has 0 N–H and O–H groups in total. The summed E-state index contributed by atoms with van der Waals surface area (Å²) in [6.07, 6.45) is 1.65. The lowest BCUT2D eigenvalue weighted by molar-refractivity contribution is -0.384. The van der Waals surface area contributed by atoms with E-state index >= 15 is 0 Å². The molecule has 0 unspecified atom stereocenters. The highest BCUT2D eigenvalue weighted by atomic mass is 79.9. The number of aromatic nitrogens is 1. The van der Waals surface area contributed by atoms with Crippen LogP contribution in [0.5, 0.6) is 0 Å². The standard InChI is InChI=1S/C19H13BrClN3O3/c20-14-5-7-16(8-6-14)23(12-15-3-1-2-10-22-15)19(25)13-4-9-17(21)18(11-13)24(26)27/h1-11H,12H2. The number of benzene rings is 2. The van der Waals surface area contributed by atoms with Gasteiger partial charge in [-0.25, -0.2) is 0 Å². The van der Waals surface area contributed by atoms with Crippen LogP contribution in [0.25, 0.3) is 0 Å². The molecule has 2 aromatic carbocycles. The number of hydrogen-bond acceptors (Lipinski definition) is 4. The van der Waals surface area contributed by atoms with E-state index in [2.05, 4.69) is 20.9 Å². The molecule has 136 valence electrons. The molecule has 0 aliphatic heterocycles. The van der Waals surface area contributed by atoms with Crippen LogP contribution in [-0.4, -0.2) is 15.8 Å². The lowest BCUT2D eigenvalue weighted by Crippen LogP contribution is -2.30. The molecule has 0 atom stereocenters. The Kier molecular flexibility index (Phi) is 5.83. The van der Waals surface area contributed by atoms with Crippen LogP contribution in [0.3, 0.4) is 0 Å². The van der Waals surface area contributed by atoms with E-state index in [0.717, 1.165) is 4.47 Å². The molecule has 1 heterocycles. The van der Waals surface area contributed by atoms with Gasteiger partial charge in [-0.1, -0.05) is 33.6 Å². The molecule has 27 heavy (non-hydrogen) atoms. The number of carbonyl (C=O) groups is 1. The Hall–Kier alpha value is -2.77. The van der Waals surface area contributed by atoms with E-state index in [9.17, 15) is 14.9 Å². The molecule has 0 saturated carbocycles. The monoisotopic (exact) mass is 445 g/mol. The SMILES string of the molecule is O=C(c1ccc(Cl)c([N+](=O)[O-])c1)N(Cc1ccccn1)c1ccc(Br)cc1. The summed E-state index contributed by atoms with van der Waals surface area (Å²) < 4.78 is 0.874. The van der Waals surface area contributed by atoms with Crippen LogP contribution < -0.4 is 4.90 Å². The number of nitrogens with zero attached hydrogens (tertiary/aromatic N) is 3. The molecule has 0 fully saturated rings. The minimum absolute atomic E-state index is 0.0172. The van der Waals surface area contributed by atoms with Crippen molar-refractivity contribution in [2.75, 3.05) is 4.90 Å². The van der Waals surface area contributed by atoms with Crippen LogP contribution in [0.4, 0.5) is 11.4 Å². The molecular formula is C19H13BrClN3O3. The molecule has 0 bridgehead atoms. The Balaban J connectivity index is 2.01. The number of nitro groups is 1. The normalized spacial score (nSPS) is 10.4. The van der Waals surface area contributed by atoms with Crippen LogP contribution in [0.1, 0.15) is 16.1 Å². The molecule has 0 spiro atoms. The fraction of sp³-hybridized carbons (Fsp3) is 0.0526. The maximum atomic E-state index is 13.1. The van der Waals surface area contributed by atoms with E-state index in [0.29, 0.717) is 11.4 Å². The van der Waals surface area contributed by atoms with Crippen molar-refractivity contribution in [1.29, 1.82) is 0 Å². The van der Waals surface area contributed by atoms with Gasteiger partial charge < -0.3 is 4.90 Å². The van der Waals surface area contributed by atoms with E-state index in [1.54, 1.807) is 24.4 Å². The fourth-order valence-electron chi connectivity index (χ4n) is 2.50. The quantitative estimate of drug-likeness (QED) is 0.396. The Labute approximate surface area is 168 Å². The summed E-state index contributed by atoms with van der Waals surface area (Å²) in [4.78, 5) is 29.5. The van der Waals surface area contributed by atoms with Gasteiger partial charge in [-0.15, -0.1) is 0 Å². The van der Waals surface area contributed by atoms with Crippen LogP contribution >= 0.6 is 27.5 Å². The van der Waals surface area contributed by atoms with Gasteiger partial charge in [-0.05, 0) is 48.5 Å². The smallest absolute Gasteiger partial charge is 0.288 e. The summed E-state index contributed by atoms with van der Waals surface area (Å²) in [5.74, 6) is -0.386. The van der Waals surface area contributed by atoms with Crippen molar-refractivity contribution >= 4 is 44.8 Å². The molecular weight excluding hydrogens is 434 g/mol. The molecule has 3 rings (SSSR count). The number of anilines is 1. The van der Waals surface area contributed by atoms with Crippen molar-refractivity contribution in [1.82, 2.24) is 4.98 Å². The summed E-state index contributed by atoms with van der Waals surface area (Å²) in [6, 6.07) is 16.7. The largest absolute Gasteiger partial charge is 0.302 e. The number of rotatable bonds is 5. The molecule has 0 aliphatic carbocycles. The zero-order chi connectivity index (χ0) is 19.4. The summed E-state index contributed by atoms with van der Waals surface area (Å²) in [7, 11) is 0. The third-order valence-corrected chi connectivity index (χ3v) is 4.67. The molecule has 1 amide bonds. The minimum Gasteiger partial charge on any atom is -0.302 e. The zero-order valence-electron chi connectivity index (χ0n) is 13.9. The van der Waals surface area contributed by atoms with E-state index < -0.39 is 4.92 Å². The molecule has 8 heteroatoms. The molecule has 0 radical (unpaired) electrons. The van der Waals surface area contributed by atoms with Crippen molar-refractivity contribution in [3.05, 3.63) is 97.7 Å². The van der Waals surface area contributed by atoms with Gasteiger partial charge in [0.15, 0.2) is 0 Å². The van der Waals surface area contributed by atoms with Gasteiger partial charge in [-0.2, -0.15) is 0 Å². The van der Waals surface area contributed by atoms with Gasteiger partial charge in [0, 0.05) is 28.0 Å². The Bertz CT molecular complexity index is 981. The maximum absolute atomic E-state index is 13.1. The Morgan fingerprint density at radius 2 is 1.89 bits per heavy atom. The second kappa shape index (κ2) is 8.28. The third-order valence-electron chi connectivity index (χ3n) is 3.82. The van der Waals surface area contributed by atoms with Gasteiger partial charge >= 0.3 is 0 Å². The van der Waals surface area contributed by atoms with E-state index in [1.165, 1.54) is 23.1 Å². The second-order valence-electron chi connectivity index (χ2n) is 5.61. The molecule has 6 nitrogen and oxygen atoms in total. The average molecular weight is 447 g/mol. The predicted molar refractivity (Wildman–Crippen MR) is 107 cm³/mol. The third kappa shape index (κ3) is 4.50. The fourth-order valence-corrected chi connectivity index (χ4v) is 2.95. The number of pyridine rings is 1. The maximum Gasteiger partial charge on any atom is 0.288 e. The number of carbonyl (C=O) groups excluding carboxylic acids is 1. The molecule has 0 aliphatic rings. The first-order valence-corrected chi connectivity index (χ1v) is 9.04. The highest BCUT2D eigenvalue weighted by Crippen LogP contribution is 2.28. The van der Waals surface area contributed by atoms with E-state index in [1.807, 2.05) is 24.3 Å². The van der Waals surface area contributed by atoms with E-state index in [-0.39, 0.29) is 28.7 Å². The number of nitro benzene ring substituents is 1. The minimum atomic E-state index is -0.609. The molecule has 0 saturated heterocycles. The molecule has 3 aromatic rings.